The van der Waals surface area contributed by atoms with Crippen molar-refractivity contribution >= 4 is 40.1 Å². The standard InChI is InChI=1S/C14H15IO4/c1-8-6-5-7-9(2)10(8)11(13(16)18-3)12(15)14(17)19-4/h5-7H,1-4H3/b12-11+. The number of halogens is 1. The lowest BCUT2D eigenvalue weighted by Gasteiger charge is -2.13. The smallest absolute Gasteiger partial charge is 0.344 e. The lowest BCUT2D eigenvalue weighted by atomic mass is 9.95. The van der Waals surface area contributed by atoms with Crippen LogP contribution in [-0.2, 0) is 19.1 Å². The van der Waals surface area contributed by atoms with Gasteiger partial charge in [-0.1, -0.05) is 18.2 Å². The number of carbonyl (C=O) groups excluding carboxylic acids is 2. The second kappa shape index (κ2) is 6.70. The first-order chi connectivity index (χ1) is 8.93. The predicted octanol–water partition coefficient (Wildman–Crippen LogP) is 2.80. The summed E-state index contributed by atoms with van der Waals surface area (Å²) in [4.78, 5) is 23.7. The van der Waals surface area contributed by atoms with Crippen molar-refractivity contribution in [2.45, 2.75) is 13.8 Å². The summed E-state index contributed by atoms with van der Waals surface area (Å²) in [5.74, 6) is -1.10. The number of carbonyl (C=O) groups is 2. The van der Waals surface area contributed by atoms with E-state index in [1.165, 1.54) is 14.2 Å². The average Bonchev–Trinajstić information content (AvgIpc) is 2.40. The lowest BCUT2D eigenvalue weighted by Crippen LogP contribution is -2.12. The number of benzene rings is 1. The van der Waals surface area contributed by atoms with Gasteiger partial charge in [-0.3, -0.25) is 0 Å². The summed E-state index contributed by atoms with van der Waals surface area (Å²) < 4.78 is 9.67. The minimum absolute atomic E-state index is 0.212. The number of ether oxygens (including phenoxy) is 2. The Hall–Kier alpha value is -1.37. The van der Waals surface area contributed by atoms with Crippen LogP contribution in [0.1, 0.15) is 16.7 Å². The largest absolute Gasteiger partial charge is 0.465 e. The van der Waals surface area contributed by atoms with E-state index in [4.69, 9.17) is 4.74 Å². The van der Waals surface area contributed by atoms with Crippen molar-refractivity contribution in [1.82, 2.24) is 0 Å². The van der Waals surface area contributed by atoms with E-state index < -0.39 is 11.9 Å². The zero-order valence-electron chi connectivity index (χ0n) is 11.2. The summed E-state index contributed by atoms with van der Waals surface area (Å²) >= 11 is 1.81. The fourth-order valence-corrected chi connectivity index (χ4v) is 2.51. The summed E-state index contributed by atoms with van der Waals surface area (Å²) in [7, 11) is 2.57. The number of hydrogen-bond acceptors (Lipinski definition) is 4. The number of rotatable bonds is 3. The highest BCUT2D eigenvalue weighted by Crippen LogP contribution is 2.30. The van der Waals surface area contributed by atoms with Gasteiger partial charge in [0, 0.05) is 0 Å². The molecule has 5 heteroatoms. The van der Waals surface area contributed by atoms with Gasteiger partial charge >= 0.3 is 11.9 Å². The van der Waals surface area contributed by atoms with Crippen molar-refractivity contribution in [3.63, 3.8) is 0 Å². The van der Waals surface area contributed by atoms with Crippen LogP contribution in [0.2, 0.25) is 0 Å². The Morgan fingerprint density at radius 3 is 1.89 bits per heavy atom. The molecule has 0 saturated heterocycles. The molecule has 0 atom stereocenters. The zero-order chi connectivity index (χ0) is 14.6. The summed E-state index contributed by atoms with van der Waals surface area (Å²) in [6, 6.07) is 5.66. The van der Waals surface area contributed by atoms with Crippen LogP contribution in [-0.4, -0.2) is 26.2 Å². The Morgan fingerprint density at radius 1 is 1.00 bits per heavy atom. The van der Waals surface area contributed by atoms with Gasteiger partial charge in [-0.2, -0.15) is 0 Å². The van der Waals surface area contributed by atoms with Crippen LogP contribution < -0.4 is 0 Å². The number of hydrogen-bond donors (Lipinski definition) is 0. The van der Waals surface area contributed by atoms with E-state index >= 15 is 0 Å². The average molecular weight is 374 g/mol. The highest BCUT2D eigenvalue weighted by Gasteiger charge is 2.24. The molecule has 19 heavy (non-hydrogen) atoms. The molecule has 0 spiro atoms. The first-order valence-electron chi connectivity index (χ1n) is 5.57. The molecule has 0 aliphatic heterocycles. The topological polar surface area (TPSA) is 52.6 Å². The van der Waals surface area contributed by atoms with Gasteiger partial charge in [-0.25, -0.2) is 9.59 Å². The molecule has 102 valence electrons. The maximum Gasteiger partial charge on any atom is 0.344 e. The lowest BCUT2D eigenvalue weighted by molar-refractivity contribution is -0.136. The Morgan fingerprint density at radius 2 is 1.47 bits per heavy atom. The van der Waals surface area contributed by atoms with Gasteiger partial charge in [0.2, 0.25) is 0 Å². The summed E-state index contributed by atoms with van der Waals surface area (Å²) in [6.45, 7) is 3.76. The van der Waals surface area contributed by atoms with E-state index in [9.17, 15) is 9.59 Å². The number of esters is 2. The third kappa shape index (κ3) is 3.34. The third-order valence-corrected chi connectivity index (χ3v) is 3.68. The monoisotopic (exact) mass is 374 g/mol. The summed E-state index contributed by atoms with van der Waals surface area (Å²) in [6.07, 6.45) is 0. The van der Waals surface area contributed by atoms with Crippen LogP contribution in [0.3, 0.4) is 0 Å². The van der Waals surface area contributed by atoms with Gasteiger partial charge < -0.3 is 9.47 Å². The van der Waals surface area contributed by atoms with Crippen LogP contribution >= 0.6 is 22.6 Å². The quantitative estimate of drug-likeness (QED) is 0.464. The molecule has 1 aromatic carbocycles. The normalized spacial score (nSPS) is 11.6. The molecule has 0 saturated carbocycles. The van der Waals surface area contributed by atoms with E-state index in [-0.39, 0.29) is 9.15 Å². The molecule has 0 N–H and O–H groups in total. The van der Waals surface area contributed by atoms with Gasteiger partial charge in [0.25, 0.3) is 0 Å². The van der Waals surface area contributed by atoms with E-state index in [0.29, 0.717) is 5.56 Å². The Bertz CT molecular complexity index is 526. The van der Waals surface area contributed by atoms with Gasteiger partial charge in [0.1, 0.15) is 3.58 Å². The van der Waals surface area contributed by atoms with Gasteiger partial charge in [-0.05, 0) is 53.1 Å². The van der Waals surface area contributed by atoms with E-state index in [1.54, 1.807) is 0 Å². The van der Waals surface area contributed by atoms with Crippen LogP contribution in [0.4, 0.5) is 0 Å². The number of methoxy groups -OCH3 is 2. The summed E-state index contributed by atoms with van der Waals surface area (Å²) in [5.41, 5.74) is 2.76. The second-order valence-corrected chi connectivity index (χ2v) is 5.02. The highest BCUT2D eigenvalue weighted by molar-refractivity contribution is 14.1. The van der Waals surface area contributed by atoms with Crippen LogP contribution in [0.15, 0.2) is 21.8 Å². The van der Waals surface area contributed by atoms with E-state index in [2.05, 4.69) is 4.74 Å². The van der Waals surface area contributed by atoms with Crippen molar-refractivity contribution in [3.8, 4) is 0 Å². The molecule has 0 unspecified atom stereocenters. The molecule has 0 aliphatic rings. The molecular formula is C14H15IO4. The molecule has 0 fully saturated rings. The van der Waals surface area contributed by atoms with Crippen molar-refractivity contribution in [1.29, 1.82) is 0 Å². The minimum atomic E-state index is -0.552. The van der Waals surface area contributed by atoms with E-state index in [0.717, 1.165) is 11.1 Å². The highest BCUT2D eigenvalue weighted by atomic mass is 127. The van der Waals surface area contributed by atoms with E-state index in [1.807, 2.05) is 54.6 Å². The van der Waals surface area contributed by atoms with Crippen molar-refractivity contribution in [3.05, 3.63) is 38.5 Å². The first-order valence-corrected chi connectivity index (χ1v) is 6.64. The SMILES string of the molecule is COC(=O)/C(I)=C(\C(=O)OC)c1c(C)cccc1C. The number of aryl methyl sites for hydroxylation is 2. The Balaban J connectivity index is 3.59. The predicted molar refractivity (Wildman–Crippen MR) is 80.9 cm³/mol. The molecule has 0 bridgehead atoms. The molecule has 4 nitrogen and oxygen atoms in total. The Labute approximate surface area is 125 Å². The maximum atomic E-state index is 12.0. The van der Waals surface area contributed by atoms with Crippen molar-refractivity contribution in [2.24, 2.45) is 0 Å². The first kappa shape index (κ1) is 15.7. The molecule has 0 aliphatic carbocycles. The van der Waals surface area contributed by atoms with Crippen molar-refractivity contribution < 1.29 is 19.1 Å². The molecule has 0 amide bonds. The van der Waals surface area contributed by atoms with Crippen LogP contribution in [0.5, 0.6) is 0 Å². The van der Waals surface area contributed by atoms with Crippen LogP contribution in [0.25, 0.3) is 5.57 Å². The minimum Gasteiger partial charge on any atom is -0.465 e. The van der Waals surface area contributed by atoms with Crippen molar-refractivity contribution in [2.75, 3.05) is 14.2 Å². The fraction of sp³-hybridized carbons (Fsp3) is 0.286. The van der Waals surface area contributed by atoms with Gasteiger partial charge in [0.15, 0.2) is 0 Å². The molecule has 0 aromatic heterocycles. The third-order valence-electron chi connectivity index (χ3n) is 2.70. The summed E-state index contributed by atoms with van der Waals surface area (Å²) in [5, 5.41) is 0. The molecule has 1 rings (SSSR count). The zero-order valence-corrected chi connectivity index (χ0v) is 13.4. The van der Waals surface area contributed by atoms with Gasteiger partial charge in [0.05, 0.1) is 19.8 Å². The van der Waals surface area contributed by atoms with Crippen LogP contribution in [0, 0.1) is 13.8 Å². The Kier molecular flexibility index (Phi) is 5.53. The molecule has 1 aromatic rings. The molecule has 0 heterocycles. The fourth-order valence-electron chi connectivity index (χ4n) is 1.80. The van der Waals surface area contributed by atoms with Gasteiger partial charge in [-0.15, -0.1) is 0 Å². The second-order valence-electron chi connectivity index (χ2n) is 3.94. The molecular weight excluding hydrogens is 359 g/mol. The molecule has 0 radical (unpaired) electrons. The maximum absolute atomic E-state index is 12.0.